The lowest BCUT2D eigenvalue weighted by Gasteiger charge is -2.22. The second-order valence-corrected chi connectivity index (χ2v) is 10.7. The van der Waals surface area contributed by atoms with Gasteiger partial charge in [-0.05, 0) is 46.7 Å². The van der Waals surface area contributed by atoms with Crippen LogP contribution in [0.25, 0.3) is 33.0 Å². The van der Waals surface area contributed by atoms with Crippen LogP contribution in [0.5, 0.6) is 5.75 Å². The molecular weight excluding hydrogens is 687 g/mol. The van der Waals surface area contributed by atoms with Crippen molar-refractivity contribution in [3.05, 3.63) is 124 Å². The molecule has 15 heteroatoms. The summed E-state index contributed by atoms with van der Waals surface area (Å²) in [7, 11) is 0. The van der Waals surface area contributed by atoms with E-state index in [4.69, 9.17) is 0 Å². The minimum absolute atomic E-state index is 0.00296. The fourth-order valence-corrected chi connectivity index (χ4v) is 5.21. The van der Waals surface area contributed by atoms with Gasteiger partial charge in [0.1, 0.15) is 51.8 Å². The van der Waals surface area contributed by atoms with Crippen LogP contribution in [0, 0.1) is 34.9 Å². The number of halogens is 13. The van der Waals surface area contributed by atoms with E-state index in [9.17, 15) is 48.3 Å². The van der Waals surface area contributed by atoms with Crippen molar-refractivity contribution in [1.29, 1.82) is 0 Å². The van der Waals surface area contributed by atoms with Crippen molar-refractivity contribution in [2.24, 2.45) is 0 Å². The van der Waals surface area contributed by atoms with Gasteiger partial charge in [-0.2, -0.15) is 17.6 Å². The van der Waals surface area contributed by atoms with Crippen LogP contribution in [0.15, 0.2) is 72.8 Å². The maximum Gasteiger partial charge on any atom is 0.527 e. The molecule has 0 radical (unpaired) electrons. The van der Waals surface area contributed by atoms with Crippen LogP contribution < -0.4 is 4.74 Å². The first-order valence-corrected chi connectivity index (χ1v) is 14.0. The number of hydrogen-bond acceptors (Lipinski definition) is 2. The minimum Gasteiger partial charge on any atom is -0.429 e. The zero-order valence-electron chi connectivity index (χ0n) is 24.6. The van der Waals surface area contributed by atoms with Gasteiger partial charge in [0.15, 0.2) is 0 Å². The Morgan fingerprint density at radius 3 is 1.67 bits per heavy atom. The van der Waals surface area contributed by atoms with Gasteiger partial charge in [-0.15, -0.1) is 13.2 Å². The molecular formula is C34H19F13O2. The highest BCUT2D eigenvalue weighted by Gasteiger charge is 2.50. The van der Waals surface area contributed by atoms with Gasteiger partial charge in [0.2, 0.25) is 0 Å². The van der Waals surface area contributed by atoms with Crippen LogP contribution in [-0.4, -0.2) is 6.36 Å². The predicted molar refractivity (Wildman–Crippen MR) is 151 cm³/mol. The van der Waals surface area contributed by atoms with Crippen molar-refractivity contribution in [3.8, 4) is 28.0 Å². The van der Waals surface area contributed by atoms with Crippen LogP contribution in [0.4, 0.5) is 57.1 Å². The molecule has 0 aromatic heterocycles. The van der Waals surface area contributed by atoms with E-state index < -0.39 is 81.5 Å². The van der Waals surface area contributed by atoms with Gasteiger partial charge < -0.3 is 4.74 Å². The molecule has 0 amide bonds. The summed E-state index contributed by atoms with van der Waals surface area (Å²) in [5.74, 6) is -12.6. The van der Waals surface area contributed by atoms with Gasteiger partial charge in [0, 0.05) is 28.6 Å². The molecule has 0 saturated carbocycles. The third kappa shape index (κ3) is 7.31. The largest absolute Gasteiger partial charge is 0.527 e. The molecule has 49 heavy (non-hydrogen) atoms. The zero-order valence-corrected chi connectivity index (χ0v) is 24.6. The number of rotatable bonds is 9. The van der Waals surface area contributed by atoms with Crippen LogP contribution in [0.2, 0.25) is 0 Å². The lowest BCUT2D eigenvalue weighted by molar-refractivity contribution is -0.432. The first kappa shape index (κ1) is 35.5. The van der Waals surface area contributed by atoms with Crippen LogP contribution >= 0.6 is 0 Å². The Kier molecular flexibility index (Phi) is 9.36. The Morgan fingerprint density at radius 2 is 1.10 bits per heavy atom. The van der Waals surface area contributed by atoms with Crippen molar-refractivity contribution in [3.63, 3.8) is 0 Å². The topological polar surface area (TPSA) is 18.5 Å². The first-order chi connectivity index (χ1) is 22.8. The summed E-state index contributed by atoms with van der Waals surface area (Å²) in [6.45, 7) is 1.99. The lowest BCUT2D eigenvalue weighted by atomic mass is 9.95. The second-order valence-electron chi connectivity index (χ2n) is 10.7. The van der Waals surface area contributed by atoms with E-state index in [0.717, 1.165) is 30.5 Å². The Balaban J connectivity index is 1.43. The smallest absolute Gasteiger partial charge is 0.429 e. The average molecular weight is 706 g/mol. The first-order valence-electron chi connectivity index (χ1n) is 14.0. The van der Waals surface area contributed by atoms with E-state index in [2.05, 4.69) is 9.47 Å². The van der Waals surface area contributed by atoms with Gasteiger partial charge in [-0.3, -0.25) is 0 Å². The summed E-state index contributed by atoms with van der Waals surface area (Å²) in [6, 6.07) is 11.1. The molecule has 5 rings (SSSR count). The predicted octanol–water partition coefficient (Wildman–Crippen LogP) is 11.7. The Morgan fingerprint density at radius 1 is 0.551 bits per heavy atom. The molecule has 0 atom stereocenters. The number of aryl methyl sites for hydroxylation is 1. The maximum absolute atomic E-state index is 15.4. The molecule has 0 heterocycles. The third-order valence-corrected chi connectivity index (χ3v) is 7.28. The summed E-state index contributed by atoms with van der Waals surface area (Å²) >= 11 is 0. The molecule has 258 valence electrons. The van der Waals surface area contributed by atoms with Crippen molar-refractivity contribution >= 4 is 10.8 Å². The number of benzene rings is 5. The van der Waals surface area contributed by atoms with Gasteiger partial charge in [-0.1, -0.05) is 55.8 Å². The molecule has 0 aliphatic carbocycles. The van der Waals surface area contributed by atoms with E-state index in [-0.39, 0.29) is 40.8 Å². The van der Waals surface area contributed by atoms with Gasteiger partial charge in [-0.25, -0.2) is 31.1 Å². The third-order valence-electron chi connectivity index (χ3n) is 7.28. The van der Waals surface area contributed by atoms with Gasteiger partial charge in [0.25, 0.3) is 0 Å². The fourth-order valence-electron chi connectivity index (χ4n) is 5.21. The fraction of sp³-hybridized carbons (Fsp3) is 0.176. The molecule has 0 saturated heterocycles. The molecule has 0 aliphatic rings. The highest BCUT2D eigenvalue weighted by molar-refractivity contribution is 5.89. The second kappa shape index (κ2) is 12.9. The highest BCUT2D eigenvalue weighted by Crippen LogP contribution is 2.42. The number of fused-ring (bicyclic) bond motifs is 1. The van der Waals surface area contributed by atoms with Crippen molar-refractivity contribution < 1.29 is 66.5 Å². The summed E-state index contributed by atoms with van der Waals surface area (Å²) in [5.41, 5.74) is -4.81. The number of ether oxygens (including phenoxy) is 2. The molecule has 0 N–H and O–H groups in total. The highest BCUT2D eigenvalue weighted by atomic mass is 19.4. The lowest BCUT2D eigenvalue weighted by Crippen LogP contribution is -2.30. The Bertz CT molecular complexity index is 2010. The van der Waals surface area contributed by atoms with E-state index in [1.165, 1.54) is 12.1 Å². The van der Waals surface area contributed by atoms with Crippen molar-refractivity contribution in [1.82, 2.24) is 0 Å². The molecule has 5 aromatic rings. The summed E-state index contributed by atoms with van der Waals surface area (Å²) < 4.78 is 189. The zero-order chi connectivity index (χ0) is 36.1. The van der Waals surface area contributed by atoms with E-state index in [1.807, 2.05) is 13.0 Å². The van der Waals surface area contributed by atoms with Crippen molar-refractivity contribution in [2.45, 2.75) is 38.3 Å². The monoisotopic (exact) mass is 706 g/mol. The van der Waals surface area contributed by atoms with E-state index in [0.29, 0.717) is 5.39 Å². The quantitative estimate of drug-likeness (QED) is 0.142. The van der Waals surface area contributed by atoms with Crippen LogP contribution in [-0.2, 0) is 23.4 Å². The van der Waals surface area contributed by atoms with Crippen molar-refractivity contribution in [2.75, 3.05) is 0 Å². The summed E-state index contributed by atoms with van der Waals surface area (Å²) in [5, 5.41) is 0.875. The van der Waals surface area contributed by atoms with Crippen LogP contribution in [0.3, 0.4) is 0 Å². The molecule has 0 unspecified atom stereocenters. The Hall–Kier alpha value is -4.79. The number of hydrogen-bond donors (Lipinski definition) is 0. The van der Waals surface area contributed by atoms with Crippen LogP contribution in [0.1, 0.15) is 30.0 Å². The standard InChI is InChI=1S/C34H19F13O2/c1-2-3-16-4-7-22-17(10-16)6-9-23(31(22)40)18-5-8-21(24(35)11-18)19-12-25(36)29(26(37)13-19)32(41,42)48-20-14-27(38)30(28(39)15-20)33(43,44)49-34(45,46)47/h4-15H,2-3H2,1H3. The molecule has 2 nitrogen and oxygen atoms in total. The van der Waals surface area contributed by atoms with E-state index in [1.54, 1.807) is 18.2 Å². The van der Waals surface area contributed by atoms with Gasteiger partial charge in [0.05, 0.1) is 0 Å². The average Bonchev–Trinajstić information content (AvgIpc) is 2.95. The summed E-state index contributed by atoms with van der Waals surface area (Å²) in [6.07, 6.45) is -15.2. The molecule has 5 aromatic carbocycles. The number of alkyl halides is 7. The van der Waals surface area contributed by atoms with E-state index >= 15 is 8.78 Å². The molecule has 0 bridgehead atoms. The maximum atomic E-state index is 15.4. The van der Waals surface area contributed by atoms with Gasteiger partial charge >= 0.3 is 18.6 Å². The SMILES string of the molecule is CCCc1ccc2c(F)c(-c3ccc(-c4cc(F)c(C(F)(F)Oc5cc(F)c(C(F)(F)OC(F)(F)F)c(F)c5)c(F)c4)c(F)c3)ccc2c1. The molecule has 0 aliphatic heterocycles. The minimum atomic E-state index is -6.06. The molecule has 0 fully saturated rings. The summed E-state index contributed by atoms with van der Waals surface area (Å²) in [4.78, 5) is 0. The Labute approximate surface area is 268 Å². The normalized spacial score (nSPS) is 12.5. The molecule has 0 spiro atoms.